The second-order valence-corrected chi connectivity index (χ2v) is 6.21. The van der Waals surface area contributed by atoms with Gasteiger partial charge in [0.1, 0.15) is 12.4 Å². The minimum Gasteiger partial charge on any atom is -0.489 e. The zero-order chi connectivity index (χ0) is 19.9. The fraction of sp³-hybridized carbons (Fsp3) is 0.238. The van der Waals surface area contributed by atoms with Gasteiger partial charge in [-0.1, -0.05) is 36.9 Å². The summed E-state index contributed by atoms with van der Waals surface area (Å²) in [5.41, 5.74) is 2.28. The van der Waals surface area contributed by atoms with Gasteiger partial charge >= 0.3 is 0 Å². The van der Waals surface area contributed by atoms with Gasteiger partial charge in [0.25, 0.3) is 5.91 Å². The summed E-state index contributed by atoms with van der Waals surface area (Å²) < 4.78 is 7.32. The monoisotopic (exact) mass is 377 g/mol. The van der Waals surface area contributed by atoms with E-state index in [0.29, 0.717) is 31.1 Å². The smallest absolute Gasteiger partial charge is 0.254 e. The van der Waals surface area contributed by atoms with Crippen molar-refractivity contribution in [3.63, 3.8) is 0 Å². The Labute approximate surface area is 164 Å². The van der Waals surface area contributed by atoms with E-state index in [1.807, 2.05) is 50.2 Å². The van der Waals surface area contributed by atoms with Crippen LogP contribution < -0.4 is 4.74 Å². The Kier molecular flexibility index (Phi) is 6.16. The molecule has 0 atom stereocenters. The Morgan fingerprint density at radius 1 is 1.25 bits per heavy atom. The van der Waals surface area contributed by atoms with E-state index >= 15 is 0 Å². The number of amides is 1. The van der Waals surface area contributed by atoms with Crippen LogP contribution in [0.1, 0.15) is 28.7 Å². The van der Waals surface area contributed by atoms with Gasteiger partial charge in [0, 0.05) is 24.2 Å². The van der Waals surface area contributed by atoms with E-state index in [0.717, 1.165) is 17.0 Å². The summed E-state index contributed by atoms with van der Waals surface area (Å²) in [4.78, 5) is 14.9. The highest BCUT2D eigenvalue weighted by atomic mass is 16.5. The van der Waals surface area contributed by atoms with Crippen molar-refractivity contribution >= 4 is 5.91 Å². The van der Waals surface area contributed by atoms with Crippen molar-refractivity contribution in [2.75, 3.05) is 13.2 Å². The number of nitrogens with zero attached hydrogens (tertiary/aromatic N) is 5. The largest absolute Gasteiger partial charge is 0.489 e. The first-order valence-electron chi connectivity index (χ1n) is 9.10. The number of ether oxygens (including phenoxy) is 1. The molecule has 1 heterocycles. The predicted molar refractivity (Wildman–Crippen MR) is 106 cm³/mol. The number of carbonyl (C=O) groups is 1. The van der Waals surface area contributed by atoms with Crippen molar-refractivity contribution in [1.29, 1.82) is 0 Å². The van der Waals surface area contributed by atoms with Crippen LogP contribution in [0.2, 0.25) is 0 Å². The zero-order valence-corrected chi connectivity index (χ0v) is 16.1. The molecular weight excluding hydrogens is 354 g/mol. The SMILES string of the molecule is C=CCOc1ccccc1CN(CC)C(=O)c1cccc(-n2nnnc2C)c1. The topological polar surface area (TPSA) is 73.1 Å². The Balaban J connectivity index is 1.83. The lowest BCUT2D eigenvalue weighted by atomic mass is 10.1. The second-order valence-electron chi connectivity index (χ2n) is 6.21. The van der Waals surface area contributed by atoms with Gasteiger partial charge < -0.3 is 9.64 Å². The van der Waals surface area contributed by atoms with Gasteiger partial charge in [-0.15, -0.1) is 5.10 Å². The van der Waals surface area contributed by atoms with Crippen LogP contribution >= 0.6 is 0 Å². The molecule has 7 nitrogen and oxygen atoms in total. The summed E-state index contributed by atoms with van der Waals surface area (Å²) in [7, 11) is 0. The average molecular weight is 377 g/mol. The normalized spacial score (nSPS) is 10.5. The molecule has 28 heavy (non-hydrogen) atoms. The third-order valence-corrected chi connectivity index (χ3v) is 4.32. The van der Waals surface area contributed by atoms with Gasteiger partial charge in [0.2, 0.25) is 0 Å². The third-order valence-electron chi connectivity index (χ3n) is 4.32. The Hall–Kier alpha value is -3.48. The summed E-state index contributed by atoms with van der Waals surface area (Å²) in [5.74, 6) is 1.35. The maximum atomic E-state index is 13.1. The molecule has 0 aliphatic heterocycles. The number of rotatable bonds is 8. The van der Waals surface area contributed by atoms with Crippen LogP contribution in [-0.4, -0.2) is 44.2 Å². The van der Waals surface area contributed by atoms with E-state index in [-0.39, 0.29) is 5.91 Å². The van der Waals surface area contributed by atoms with Gasteiger partial charge in [-0.25, -0.2) is 0 Å². The first-order valence-corrected chi connectivity index (χ1v) is 9.10. The molecule has 0 N–H and O–H groups in total. The van der Waals surface area contributed by atoms with Crippen LogP contribution in [-0.2, 0) is 6.54 Å². The molecule has 3 aromatic rings. The number of hydrogen-bond acceptors (Lipinski definition) is 5. The lowest BCUT2D eigenvalue weighted by molar-refractivity contribution is 0.0751. The number of hydrogen-bond donors (Lipinski definition) is 0. The molecule has 144 valence electrons. The van der Waals surface area contributed by atoms with Crippen LogP contribution in [0.15, 0.2) is 61.2 Å². The van der Waals surface area contributed by atoms with Gasteiger partial charge in [0.05, 0.1) is 5.69 Å². The predicted octanol–water partition coefficient (Wildman–Crippen LogP) is 3.20. The highest BCUT2D eigenvalue weighted by Crippen LogP contribution is 2.21. The van der Waals surface area contributed by atoms with E-state index in [4.69, 9.17) is 4.74 Å². The third kappa shape index (κ3) is 4.25. The molecule has 0 fully saturated rings. The number of aromatic nitrogens is 4. The number of carbonyl (C=O) groups excluding carboxylic acids is 1. The van der Waals surface area contributed by atoms with Crippen LogP contribution in [0.5, 0.6) is 5.75 Å². The van der Waals surface area contributed by atoms with E-state index < -0.39 is 0 Å². The summed E-state index contributed by atoms with van der Waals surface area (Å²) >= 11 is 0. The maximum absolute atomic E-state index is 13.1. The number of benzene rings is 2. The molecule has 0 bridgehead atoms. The molecule has 0 aliphatic rings. The molecule has 0 saturated carbocycles. The standard InChI is InChI=1S/C21H23N5O2/c1-4-13-28-20-12-7-6-9-18(20)15-25(5-2)21(27)17-10-8-11-19(14-17)26-16(3)22-23-24-26/h4,6-12,14H,1,5,13,15H2,2-3H3. The Morgan fingerprint density at radius 3 is 2.79 bits per heavy atom. The highest BCUT2D eigenvalue weighted by molar-refractivity contribution is 5.94. The lowest BCUT2D eigenvalue weighted by Crippen LogP contribution is -2.30. The second kappa shape index (κ2) is 8.94. The van der Waals surface area contributed by atoms with Gasteiger partial charge in [-0.2, -0.15) is 4.68 Å². The van der Waals surface area contributed by atoms with Gasteiger partial charge in [-0.3, -0.25) is 4.79 Å². The Morgan fingerprint density at radius 2 is 2.07 bits per heavy atom. The molecule has 0 saturated heterocycles. The fourth-order valence-corrected chi connectivity index (χ4v) is 2.88. The van der Waals surface area contributed by atoms with E-state index in [2.05, 4.69) is 22.1 Å². The molecule has 1 aromatic heterocycles. The zero-order valence-electron chi connectivity index (χ0n) is 16.1. The van der Waals surface area contributed by atoms with Crippen LogP contribution in [0.25, 0.3) is 5.69 Å². The maximum Gasteiger partial charge on any atom is 0.254 e. The van der Waals surface area contributed by atoms with E-state index in [1.54, 1.807) is 27.8 Å². The minimum atomic E-state index is -0.0615. The average Bonchev–Trinajstić information content (AvgIpc) is 3.16. The number of para-hydroxylation sites is 1. The van der Waals surface area contributed by atoms with Gasteiger partial charge in [0.15, 0.2) is 5.82 Å². The highest BCUT2D eigenvalue weighted by Gasteiger charge is 2.17. The number of tetrazole rings is 1. The van der Waals surface area contributed by atoms with E-state index in [1.165, 1.54) is 0 Å². The number of aryl methyl sites for hydroxylation is 1. The summed E-state index contributed by atoms with van der Waals surface area (Å²) in [6, 6.07) is 15.0. The first-order chi connectivity index (χ1) is 13.6. The van der Waals surface area contributed by atoms with Crippen molar-refractivity contribution in [2.45, 2.75) is 20.4 Å². The van der Waals surface area contributed by atoms with E-state index in [9.17, 15) is 4.79 Å². The fourth-order valence-electron chi connectivity index (χ4n) is 2.88. The minimum absolute atomic E-state index is 0.0615. The molecular formula is C21H23N5O2. The summed E-state index contributed by atoms with van der Waals surface area (Å²) in [6.45, 7) is 8.90. The molecule has 2 aromatic carbocycles. The Bertz CT molecular complexity index is 967. The van der Waals surface area contributed by atoms with Crippen molar-refractivity contribution in [2.24, 2.45) is 0 Å². The quantitative estimate of drug-likeness (QED) is 0.564. The molecule has 0 unspecified atom stereocenters. The van der Waals surface area contributed by atoms with Crippen molar-refractivity contribution in [3.8, 4) is 11.4 Å². The van der Waals surface area contributed by atoms with Gasteiger partial charge in [-0.05, 0) is 48.5 Å². The molecule has 0 aliphatic carbocycles. The molecule has 3 rings (SSSR count). The lowest BCUT2D eigenvalue weighted by Gasteiger charge is -2.22. The van der Waals surface area contributed by atoms with Crippen LogP contribution in [0.4, 0.5) is 0 Å². The van der Waals surface area contributed by atoms with Crippen LogP contribution in [0, 0.1) is 6.92 Å². The molecule has 0 radical (unpaired) electrons. The van der Waals surface area contributed by atoms with Crippen LogP contribution in [0.3, 0.4) is 0 Å². The molecule has 1 amide bonds. The summed E-state index contributed by atoms with van der Waals surface area (Å²) in [5, 5.41) is 11.5. The first kappa shape index (κ1) is 19.3. The van der Waals surface area contributed by atoms with Crippen molar-refractivity contribution < 1.29 is 9.53 Å². The molecule has 0 spiro atoms. The molecule has 7 heteroatoms. The van der Waals surface area contributed by atoms with Crippen molar-refractivity contribution in [3.05, 3.63) is 78.1 Å². The van der Waals surface area contributed by atoms with Crippen molar-refractivity contribution in [1.82, 2.24) is 25.1 Å². The summed E-state index contributed by atoms with van der Waals surface area (Å²) in [6.07, 6.45) is 1.70.